The summed E-state index contributed by atoms with van der Waals surface area (Å²) in [5, 5.41) is 35.0. The monoisotopic (exact) mass is 607 g/mol. The summed E-state index contributed by atoms with van der Waals surface area (Å²) in [5.74, 6) is -0.382. The largest absolute Gasteiger partial charge is 0.489 e. The van der Waals surface area contributed by atoms with Crippen molar-refractivity contribution in [2.24, 2.45) is 7.05 Å². The van der Waals surface area contributed by atoms with Crippen LogP contribution in [-0.4, -0.2) is 60.9 Å². The molecule has 45 heavy (non-hydrogen) atoms. The van der Waals surface area contributed by atoms with Crippen LogP contribution in [0.2, 0.25) is 0 Å². The molecule has 2 aromatic carbocycles. The van der Waals surface area contributed by atoms with Crippen molar-refractivity contribution in [3.8, 4) is 28.3 Å². The highest BCUT2D eigenvalue weighted by Gasteiger charge is 2.32. The average Bonchev–Trinajstić information content (AvgIpc) is 3.59. The van der Waals surface area contributed by atoms with Crippen LogP contribution in [0.25, 0.3) is 22.5 Å². The second-order valence-corrected chi connectivity index (χ2v) is 10.8. The Balaban J connectivity index is 1.40. The fraction of sp³-hybridized carbons (Fsp3) is 0.233. The van der Waals surface area contributed by atoms with Gasteiger partial charge in [-0.25, -0.2) is 14.2 Å². The topological polar surface area (TPSA) is 149 Å². The van der Waals surface area contributed by atoms with Crippen LogP contribution in [0.3, 0.4) is 0 Å². The van der Waals surface area contributed by atoms with E-state index >= 15 is 0 Å². The maximum absolute atomic E-state index is 14.7. The van der Waals surface area contributed by atoms with Crippen LogP contribution >= 0.6 is 0 Å². The third-order valence-electron chi connectivity index (χ3n) is 7.44. The van der Waals surface area contributed by atoms with E-state index in [0.717, 1.165) is 11.3 Å². The molecule has 1 aliphatic heterocycles. The number of aromatic nitrogens is 6. The number of rotatable bonds is 5. The van der Waals surface area contributed by atoms with Crippen LogP contribution in [0.15, 0.2) is 60.9 Å². The number of fused-ring (bicyclic) bond motifs is 7. The van der Waals surface area contributed by atoms with Crippen LogP contribution in [0.5, 0.6) is 5.75 Å². The van der Waals surface area contributed by atoms with Crippen molar-refractivity contribution in [2.75, 3.05) is 5.32 Å². The van der Waals surface area contributed by atoms with E-state index in [4.69, 9.17) is 17.3 Å². The van der Waals surface area contributed by atoms with E-state index < -0.39 is 24.5 Å². The Morgan fingerprint density at radius 1 is 1.18 bits per heavy atom. The number of halogens is 1. The number of nitrogens with zero attached hydrogens (tertiary/aromatic N) is 6. The Morgan fingerprint density at radius 2 is 1.96 bits per heavy atom. The fourth-order valence-corrected chi connectivity index (χ4v) is 5.31. The quantitative estimate of drug-likeness (QED) is 0.257. The first-order valence-corrected chi connectivity index (χ1v) is 14.1. The van der Waals surface area contributed by atoms with Gasteiger partial charge in [0.1, 0.15) is 26.0 Å². The lowest BCUT2D eigenvalue weighted by atomic mass is 9.74. The number of benzene rings is 2. The molecule has 0 unspecified atom stereocenters. The molecule has 1 amide bonds. The Hall–Kier alpha value is -5.01. The molecule has 2 radical (unpaired) electrons. The van der Waals surface area contributed by atoms with Gasteiger partial charge in [0.15, 0.2) is 11.6 Å². The van der Waals surface area contributed by atoms with E-state index in [1.54, 1.807) is 50.6 Å². The molecule has 0 saturated carbocycles. The van der Waals surface area contributed by atoms with Crippen molar-refractivity contribution in [3.05, 3.63) is 89.1 Å². The maximum atomic E-state index is 14.7. The molecule has 6 rings (SSSR count). The van der Waals surface area contributed by atoms with Gasteiger partial charge in [-0.05, 0) is 54.7 Å². The van der Waals surface area contributed by atoms with Crippen molar-refractivity contribution in [2.45, 2.75) is 38.9 Å². The second kappa shape index (κ2) is 11.8. The van der Waals surface area contributed by atoms with Gasteiger partial charge >= 0.3 is 13.2 Å². The molecule has 4 heterocycles. The van der Waals surface area contributed by atoms with Crippen LogP contribution < -0.4 is 15.5 Å². The van der Waals surface area contributed by atoms with E-state index in [1.807, 2.05) is 11.6 Å². The fourth-order valence-electron chi connectivity index (χ4n) is 5.31. The van der Waals surface area contributed by atoms with Crippen LogP contribution in [0.4, 0.5) is 15.0 Å². The molecule has 12 nitrogen and oxygen atoms in total. The summed E-state index contributed by atoms with van der Waals surface area (Å²) < 4.78 is 28.3. The van der Waals surface area contributed by atoms with Crippen molar-refractivity contribution in [3.63, 3.8) is 0 Å². The van der Waals surface area contributed by atoms with E-state index in [0.29, 0.717) is 52.1 Å². The zero-order chi connectivity index (χ0) is 31.9. The Kier molecular flexibility index (Phi) is 7.89. The average molecular weight is 607 g/mol. The van der Waals surface area contributed by atoms with E-state index in [1.165, 1.54) is 29.1 Å². The molecule has 2 bridgehead atoms. The van der Waals surface area contributed by atoms with Crippen molar-refractivity contribution >= 4 is 32.3 Å². The van der Waals surface area contributed by atoms with Gasteiger partial charge in [-0.1, -0.05) is 24.3 Å². The molecule has 15 heteroatoms. The van der Waals surface area contributed by atoms with Crippen LogP contribution in [0, 0.1) is 5.82 Å². The minimum Gasteiger partial charge on any atom is -0.489 e. The van der Waals surface area contributed by atoms with Crippen molar-refractivity contribution < 1.29 is 28.7 Å². The number of anilines is 1. The van der Waals surface area contributed by atoms with Crippen molar-refractivity contribution in [1.29, 1.82) is 0 Å². The molecular weight excluding hydrogens is 579 g/mol. The van der Waals surface area contributed by atoms with Gasteiger partial charge < -0.3 is 19.5 Å². The number of pyridine rings is 1. The summed E-state index contributed by atoms with van der Waals surface area (Å²) in [5.41, 5.74) is 3.59. The normalized spacial score (nSPS) is 15.4. The molecule has 0 aliphatic carbocycles. The molecule has 3 N–H and O–H groups in total. The van der Waals surface area contributed by atoms with Gasteiger partial charge in [0.2, 0.25) is 0 Å². The summed E-state index contributed by atoms with van der Waals surface area (Å²) in [6.07, 6.45) is 2.90. The van der Waals surface area contributed by atoms with Gasteiger partial charge in [0, 0.05) is 42.9 Å². The lowest BCUT2D eigenvalue weighted by Gasteiger charge is -2.31. The SMILES string of the molecule is [B][C@]1(C)Oc2cc(cnc2NC(=O)OCc2ccc(B(O)O)cc2)-c2c(cnn2CC)Cc2nn(C)nc2-c2ccc(F)cc21. The van der Waals surface area contributed by atoms with Gasteiger partial charge in [0.05, 0.1) is 23.1 Å². The third kappa shape index (κ3) is 6.04. The summed E-state index contributed by atoms with van der Waals surface area (Å²) >= 11 is 0. The summed E-state index contributed by atoms with van der Waals surface area (Å²) in [6.45, 7) is 4.02. The maximum Gasteiger partial charge on any atom is 0.488 e. The number of hydrogen-bond donors (Lipinski definition) is 3. The first-order valence-electron chi connectivity index (χ1n) is 14.1. The molecule has 1 aliphatic rings. The Morgan fingerprint density at radius 3 is 2.69 bits per heavy atom. The number of ether oxygens (including phenoxy) is 2. The zero-order valence-electron chi connectivity index (χ0n) is 24.7. The van der Waals surface area contributed by atoms with E-state index in [-0.39, 0.29) is 18.2 Å². The lowest BCUT2D eigenvalue weighted by molar-refractivity contribution is 0.154. The lowest BCUT2D eigenvalue weighted by Crippen LogP contribution is -2.31. The van der Waals surface area contributed by atoms with Crippen LogP contribution in [-0.2, 0) is 36.9 Å². The second-order valence-electron chi connectivity index (χ2n) is 10.8. The third-order valence-corrected chi connectivity index (χ3v) is 7.44. The number of carbonyl (C=O) groups is 1. The number of aryl methyl sites for hydroxylation is 2. The number of hydrogen-bond acceptors (Lipinski definition) is 9. The zero-order valence-corrected chi connectivity index (χ0v) is 24.7. The Bertz CT molecular complexity index is 1890. The number of amides is 1. The first kappa shape index (κ1) is 30.0. The molecule has 226 valence electrons. The van der Waals surface area contributed by atoms with Gasteiger partial charge in [-0.3, -0.25) is 10.00 Å². The molecule has 0 spiro atoms. The van der Waals surface area contributed by atoms with Gasteiger partial charge in [-0.15, -0.1) is 0 Å². The predicted molar refractivity (Wildman–Crippen MR) is 164 cm³/mol. The molecule has 0 fully saturated rings. The van der Waals surface area contributed by atoms with E-state index in [2.05, 4.69) is 25.6 Å². The smallest absolute Gasteiger partial charge is 0.488 e. The van der Waals surface area contributed by atoms with Gasteiger partial charge in [0.25, 0.3) is 0 Å². The molecule has 3 aromatic heterocycles. The van der Waals surface area contributed by atoms with E-state index in [9.17, 15) is 19.2 Å². The highest BCUT2D eigenvalue weighted by atomic mass is 19.1. The molecular formula is C30H28B2FN7O5. The number of nitrogens with one attached hydrogen (secondary N) is 1. The highest BCUT2D eigenvalue weighted by molar-refractivity contribution is 6.58. The Labute approximate surface area is 259 Å². The predicted octanol–water partition coefficient (Wildman–Crippen LogP) is 2.65. The highest BCUT2D eigenvalue weighted by Crippen LogP contribution is 2.40. The minimum atomic E-state index is -1.63. The standard InChI is InChI=1S/C30H28B2FN7O5/c1-4-40-27-18(15-35-40)11-24-26(38-39(3)37-24)22-10-9-21(33)13-23(22)30(2,31)45-25-12-19(27)14-34-28(25)36-29(41)44-16-17-5-7-20(8-6-17)32(42)43/h5-10,12-15,42-43H,4,11,16H2,1-3H3,(H,34,36,41)/t30-/m1/s1. The summed E-state index contributed by atoms with van der Waals surface area (Å²) in [7, 11) is 6.88. The van der Waals surface area contributed by atoms with Crippen LogP contribution in [0.1, 0.15) is 36.2 Å². The van der Waals surface area contributed by atoms with Crippen molar-refractivity contribution in [1.82, 2.24) is 29.8 Å². The summed E-state index contributed by atoms with van der Waals surface area (Å²) in [6, 6.07) is 12.2. The van der Waals surface area contributed by atoms with Gasteiger partial charge in [-0.2, -0.15) is 20.1 Å². The molecule has 0 saturated heterocycles. The summed E-state index contributed by atoms with van der Waals surface area (Å²) in [4.78, 5) is 18.8. The first-order chi connectivity index (χ1) is 21.5. The number of carbonyl (C=O) groups excluding carboxylic acids is 1. The minimum absolute atomic E-state index is 0.0264. The molecule has 5 aromatic rings. The molecule has 1 atom stereocenters.